The van der Waals surface area contributed by atoms with Gasteiger partial charge in [0.25, 0.3) is 11.8 Å². The van der Waals surface area contributed by atoms with Gasteiger partial charge >= 0.3 is 6.18 Å². The third-order valence-corrected chi connectivity index (χ3v) is 6.92. The average Bonchev–Trinajstić information content (AvgIpc) is 3.25. The Morgan fingerprint density at radius 3 is 2.53 bits per heavy atom. The van der Waals surface area contributed by atoms with Crippen LogP contribution in [0.15, 0.2) is 42.5 Å². The number of hydrogen-bond acceptors (Lipinski definition) is 5. The number of carbonyl (C=O) groups is 3. The number of morpholine rings is 1. The van der Waals surface area contributed by atoms with Crippen LogP contribution in [-0.4, -0.2) is 65.0 Å². The minimum atomic E-state index is -4.58. The molecule has 2 fully saturated rings. The monoisotopic (exact) mass is 529 g/mol. The molecule has 0 bridgehead atoms. The molecule has 5 rings (SSSR count). The summed E-state index contributed by atoms with van der Waals surface area (Å²) in [6.07, 6.45) is -3.36. The number of hydrogen-bond donors (Lipinski definition) is 1. The molecule has 2 aliphatic heterocycles. The summed E-state index contributed by atoms with van der Waals surface area (Å²) < 4.78 is 46.7. The number of carbonyl (C=O) groups excluding carboxylic acids is 3. The predicted octanol–water partition coefficient (Wildman–Crippen LogP) is 3.85. The molecular weight excluding hydrogens is 503 g/mol. The van der Waals surface area contributed by atoms with E-state index in [1.54, 1.807) is 21.9 Å². The second-order valence-corrected chi connectivity index (χ2v) is 9.35. The summed E-state index contributed by atoms with van der Waals surface area (Å²) >= 11 is 0. The fourth-order valence-corrected chi connectivity index (χ4v) is 4.95. The number of nitrogens with one attached hydrogen (secondary N) is 1. The van der Waals surface area contributed by atoms with Crippen molar-refractivity contribution in [2.45, 2.75) is 32.0 Å². The highest BCUT2D eigenvalue weighted by Gasteiger charge is 2.32. The molecule has 2 saturated heterocycles. The average molecular weight is 530 g/mol. The molecule has 0 aliphatic carbocycles. The number of amides is 3. The fraction of sp³-hybridized carbons (Fsp3) is 0.385. The van der Waals surface area contributed by atoms with Crippen molar-refractivity contribution in [3.8, 4) is 0 Å². The van der Waals surface area contributed by atoms with Crippen molar-refractivity contribution in [1.82, 2.24) is 14.5 Å². The van der Waals surface area contributed by atoms with Crippen LogP contribution in [0.4, 0.5) is 24.8 Å². The van der Waals surface area contributed by atoms with Gasteiger partial charge in [0.2, 0.25) is 11.9 Å². The van der Waals surface area contributed by atoms with Crippen molar-refractivity contribution < 1.29 is 32.3 Å². The van der Waals surface area contributed by atoms with Gasteiger partial charge in [0.1, 0.15) is 6.61 Å². The van der Waals surface area contributed by atoms with Crippen LogP contribution in [0, 0.1) is 0 Å². The number of nitrogens with zero attached hydrogens (tertiary/aromatic N) is 4. The third kappa shape index (κ3) is 5.08. The number of imidazole rings is 1. The number of alkyl halides is 3. The van der Waals surface area contributed by atoms with E-state index < -0.39 is 17.6 Å². The quantitative estimate of drug-likeness (QED) is 0.554. The zero-order chi connectivity index (χ0) is 27.0. The van der Waals surface area contributed by atoms with Crippen LogP contribution in [0.3, 0.4) is 0 Å². The number of ether oxygens (including phenoxy) is 1. The number of aromatic nitrogens is 2. The normalized spacial score (nSPS) is 17.2. The van der Waals surface area contributed by atoms with Crippen LogP contribution in [-0.2, 0) is 20.5 Å². The van der Waals surface area contributed by atoms with Crippen LogP contribution in [0.2, 0.25) is 0 Å². The third-order valence-electron chi connectivity index (χ3n) is 6.92. The molecule has 3 heterocycles. The van der Waals surface area contributed by atoms with Crippen LogP contribution in [0.1, 0.15) is 41.7 Å². The van der Waals surface area contributed by atoms with E-state index in [2.05, 4.69) is 10.3 Å². The molecular formula is C26H26F3N5O4. The molecule has 12 heteroatoms. The zero-order valence-electron chi connectivity index (χ0n) is 20.6. The Hall–Kier alpha value is -3.93. The standard InChI is InChI=1S/C26H26F3N5O4/c1-16(35)32-9-7-19(8-10-32)34-22-6-5-20(33-11-12-38-15-23(33)36)14-21(22)30-25(34)31-24(37)17-3-2-4-18(13-17)26(27,28)29/h2-6,13-14,19H,7-12,15H2,1H3,(H,30,31,37). The predicted molar refractivity (Wildman–Crippen MR) is 133 cm³/mol. The maximum atomic E-state index is 13.2. The topological polar surface area (TPSA) is 96.8 Å². The molecule has 9 nitrogen and oxygen atoms in total. The van der Waals surface area contributed by atoms with Crippen molar-refractivity contribution >= 4 is 40.4 Å². The van der Waals surface area contributed by atoms with Gasteiger partial charge in [-0.15, -0.1) is 0 Å². The molecule has 0 radical (unpaired) electrons. The number of piperidine rings is 1. The summed E-state index contributed by atoms with van der Waals surface area (Å²) in [6.45, 7) is 3.36. The lowest BCUT2D eigenvalue weighted by atomic mass is 10.0. The Bertz CT molecular complexity index is 1400. The number of benzene rings is 2. The van der Waals surface area contributed by atoms with E-state index in [-0.39, 0.29) is 36.0 Å². The molecule has 0 spiro atoms. The van der Waals surface area contributed by atoms with E-state index >= 15 is 0 Å². The highest BCUT2D eigenvalue weighted by Crippen LogP contribution is 2.34. The number of likely N-dealkylation sites (tertiary alicyclic amines) is 1. The van der Waals surface area contributed by atoms with E-state index in [1.807, 2.05) is 10.6 Å². The Balaban J connectivity index is 1.51. The van der Waals surface area contributed by atoms with E-state index in [9.17, 15) is 27.6 Å². The summed E-state index contributed by atoms with van der Waals surface area (Å²) in [7, 11) is 0. The van der Waals surface area contributed by atoms with Crippen molar-refractivity contribution in [3.05, 3.63) is 53.6 Å². The maximum absolute atomic E-state index is 13.2. The maximum Gasteiger partial charge on any atom is 0.416 e. The van der Waals surface area contributed by atoms with E-state index in [4.69, 9.17) is 4.74 Å². The SMILES string of the molecule is CC(=O)N1CCC(n2c(NC(=O)c3cccc(C(F)(F)F)c3)nc3cc(N4CCOCC4=O)ccc32)CC1. The molecule has 3 aromatic rings. The molecule has 3 amide bonds. The molecule has 0 unspecified atom stereocenters. The van der Waals surface area contributed by atoms with Crippen LogP contribution in [0.25, 0.3) is 11.0 Å². The summed E-state index contributed by atoms with van der Waals surface area (Å²) in [5, 5.41) is 2.70. The minimum Gasteiger partial charge on any atom is -0.370 e. The molecule has 200 valence electrons. The first-order valence-corrected chi connectivity index (χ1v) is 12.3. The Labute approximate surface area is 216 Å². The second-order valence-electron chi connectivity index (χ2n) is 9.35. The van der Waals surface area contributed by atoms with Crippen LogP contribution >= 0.6 is 0 Å². The van der Waals surface area contributed by atoms with Gasteiger partial charge in [-0.2, -0.15) is 13.2 Å². The molecule has 2 aliphatic rings. The van der Waals surface area contributed by atoms with Crippen LogP contribution < -0.4 is 10.2 Å². The highest BCUT2D eigenvalue weighted by atomic mass is 19.4. The van der Waals surface area contributed by atoms with Gasteiger partial charge in [-0.25, -0.2) is 4.98 Å². The minimum absolute atomic E-state index is 0.0144. The van der Waals surface area contributed by atoms with Crippen molar-refractivity contribution in [3.63, 3.8) is 0 Å². The van der Waals surface area contributed by atoms with Gasteiger partial charge in [0.15, 0.2) is 0 Å². The largest absolute Gasteiger partial charge is 0.416 e. The lowest BCUT2D eigenvalue weighted by molar-refractivity contribution is -0.137. The Morgan fingerprint density at radius 2 is 1.84 bits per heavy atom. The first kappa shape index (κ1) is 25.7. The van der Waals surface area contributed by atoms with Gasteiger partial charge in [0, 0.05) is 43.9 Å². The smallest absolute Gasteiger partial charge is 0.370 e. The second kappa shape index (κ2) is 10.1. The van der Waals surface area contributed by atoms with Gasteiger partial charge in [-0.3, -0.25) is 19.7 Å². The highest BCUT2D eigenvalue weighted by molar-refractivity contribution is 6.04. The van der Waals surface area contributed by atoms with Gasteiger partial charge in [0.05, 0.1) is 23.2 Å². The fourth-order valence-electron chi connectivity index (χ4n) is 4.95. The molecule has 0 atom stereocenters. The van der Waals surface area contributed by atoms with Gasteiger partial charge < -0.3 is 19.1 Å². The number of anilines is 2. The van der Waals surface area contributed by atoms with Crippen molar-refractivity contribution in [2.75, 3.05) is 43.1 Å². The lowest BCUT2D eigenvalue weighted by Gasteiger charge is -2.33. The van der Waals surface area contributed by atoms with E-state index in [1.165, 1.54) is 19.1 Å². The molecule has 2 aromatic carbocycles. The summed E-state index contributed by atoms with van der Waals surface area (Å²) in [6, 6.07) is 9.46. The number of rotatable bonds is 4. The van der Waals surface area contributed by atoms with E-state index in [0.29, 0.717) is 55.8 Å². The first-order valence-electron chi connectivity index (χ1n) is 12.3. The summed E-state index contributed by atoms with van der Waals surface area (Å²) in [5.41, 5.74) is 0.794. The van der Waals surface area contributed by atoms with Gasteiger partial charge in [-0.05, 0) is 49.2 Å². The molecule has 0 saturated carbocycles. The Morgan fingerprint density at radius 1 is 1.08 bits per heavy atom. The van der Waals surface area contributed by atoms with Crippen LogP contribution in [0.5, 0.6) is 0 Å². The Kier molecular flexibility index (Phi) is 6.82. The van der Waals surface area contributed by atoms with Crippen molar-refractivity contribution in [1.29, 1.82) is 0 Å². The summed E-state index contributed by atoms with van der Waals surface area (Å²) in [4.78, 5) is 45.2. The van der Waals surface area contributed by atoms with Gasteiger partial charge in [-0.1, -0.05) is 6.07 Å². The van der Waals surface area contributed by atoms with Crippen molar-refractivity contribution in [2.24, 2.45) is 0 Å². The lowest BCUT2D eigenvalue weighted by Crippen LogP contribution is -2.41. The molecule has 1 N–H and O–H groups in total. The molecule has 38 heavy (non-hydrogen) atoms. The first-order chi connectivity index (χ1) is 18.1. The number of halogens is 3. The zero-order valence-corrected chi connectivity index (χ0v) is 20.6. The molecule has 1 aromatic heterocycles. The summed E-state index contributed by atoms with van der Waals surface area (Å²) in [5.74, 6) is -0.729. The van der Waals surface area contributed by atoms with E-state index in [0.717, 1.165) is 12.1 Å². The number of fused-ring (bicyclic) bond motifs is 1.